The van der Waals surface area contributed by atoms with E-state index in [0.29, 0.717) is 5.56 Å². The van der Waals surface area contributed by atoms with Gasteiger partial charge in [-0.05, 0) is 43.2 Å². The number of rotatable bonds is 1. The van der Waals surface area contributed by atoms with Crippen LogP contribution in [0.25, 0.3) is 11.0 Å². The summed E-state index contributed by atoms with van der Waals surface area (Å²) >= 11 is 0. The van der Waals surface area contributed by atoms with Crippen molar-refractivity contribution in [3.63, 3.8) is 0 Å². The number of para-hydroxylation sites is 1. The summed E-state index contributed by atoms with van der Waals surface area (Å²) in [7, 11) is 0. The van der Waals surface area contributed by atoms with E-state index in [1.807, 2.05) is 48.2 Å². The number of H-pyrrole nitrogens is 1. The Morgan fingerprint density at radius 3 is 3.00 bits per heavy atom. The maximum absolute atomic E-state index is 12.8. The lowest BCUT2D eigenvalue weighted by Crippen LogP contribution is -2.28. The average Bonchev–Trinajstić information content (AvgIpc) is 3.07. The highest BCUT2D eigenvalue weighted by Gasteiger charge is 2.25. The molecule has 0 atom stereocenters. The Bertz CT molecular complexity index is 850. The SMILES string of the molecule is Cc1nc2ccc(C(=O)N3CCc4ccccc43)cc2[nH]1. The predicted octanol–water partition coefficient (Wildman–Crippen LogP) is 3.07. The fraction of sp³-hybridized carbons (Fsp3) is 0.176. The molecule has 0 saturated carbocycles. The summed E-state index contributed by atoms with van der Waals surface area (Å²) < 4.78 is 0. The summed E-state index contributed by atoms with van der Waals surface area (Å²) in [6.45, 7) is 2.66. The third-order valence-corrected chi connectivity index (χ3v) is 3.98. The van der Waals surface area contributed by atoms with Gasteiger partial charge in [0.05, 0.1) is 11.0 Å². The van der Waals surface area contributed by atoms with Crippen molar-refractivity contribution in [1.82, 2.24) is 9.97 Å². The molecule has 1 amide bonds. The van der Waals surface area contributed by atoms with Gasteiger partial charge in [0.15, 0.2) is 0 Å². The molecule has 0 unspecified atom stereocenters. The molecule has 0 saturated heterocycles. The van der Waals surface area contributed by atoms with Crippen molar-refractivity contribution in [1.29, 1.82) is 0 Å². The molecule has 0 fully saturated rings. The summed E-state index contributed by atoms with van der Waals surface area (Å²) in [5.74, 6) is 0.912. The summed E-state index contributed by atoms with van der Waals surface area (Å²) in [5, 5.41) is 0. The van der Waals surface area contributed by atoms with Gasteiger partial charge in [0, 0.05) is 17.8 Å². The number of aromatic amines is 1. The molecule has 3 aromatic rings. The molecule has 104 valence electrons. The quantitative estimate of drug-likeness (QED) is 0.743. The third kappa shape index (κ3) is 1.91. The molecule has 1 aliphatic rings. The molecule has 1 aliphatic heterocycles. The van der Waals surface area contributed by atoms with Crippen LogP contribution in [0.5, 0.6) is 0 Å². The lowest BCUT2D eigenvalue weighted by molar-refractivity contribution is 0.0989. The molecule has 0 spiro atoms. The van der Waals surface area contributed by atoms with Crippen LogP contribution < -0.4 is 4.90 Å². The minimum Gasteiger partial charge on any atom is -0.342 e. The molecular formula is C17H15N3O. The Kier molecular flexibility index (Phi) is 2.57. The van der Waals surface area contributed by atoms with Crippen molar-refractivity contribution in [2.24, 2.45) is 0 Å². The number of amides is 1. The number of carbonyl (C=O) groups is 1. The van der Waals surface area contributed by atoms with Gasteiger partial charge in [-0.3, -0.25) is 4.79 Å². The number of imidazole rings is 1. The number of nitrogens with one attached hydrogen (secondary N) is 1. The van der Waals surface area contributed by atoms with E-state index in [1.165, 1.54) is 5.56 Å². The number of anilines is 1. The van der Waals surface area contributed by atoms with Gasteiger partial charge in [-0.25, -0.2) is 4.98 Å². The van der Waals surface area contributed by atoms with Gasteiger partial charge in [-0.2, -0.15) is 0 Å². The molecule has 4 nitrogen and oxygen atoms in total. The standard InChI is InChI=1S/C17H15N3O/c1-11-18-14-7-6-13(10-15(14)19-11)17(21)20-9-8-12-4-2-3-5-16(12)20/h2-7,10H,8-9H2,1H3,(H,18,19). The molecule has 1 aromatic heterocycles. The molecule has 0 aliphatic carbocycles. The maximum Gasteiger partial charge on any atom is 0.258 e. The van der Waals surface area contributed by atoms with Crippen molar-refractivity contribution < 1.29 is 4.79 Å². The Balaban J connectivity index is 1.73. The first kappa shape index (κ1) is 12.1. The van der Waals surface area contributed by atoms with E-state index in [1.54, 1.807) is 0 Å². The van der Waals surface area contributed by atoms with Gasteiger partial charge in [-0.15, -0.1) is 0 Å². The summed E-state index contributed by atoms with van der Waals surface area (Å²) in [6, 6.07) is 13.7. The molecular weight excluding hydrogens is 262 g/mol. The maximum atomic E-state index is 12.8. The average molecular weight is 277 g/mol. The number of benzene rings is 2. The molecule has 2 heterocycles. The van der Waals surface area contributed by atoms with Crippen LogP contribution in [0, 0.1) is 6.92 Å². The fourth-order valence-corrected chi connectivity index (χ4v) is 2.98. The highest BCUT2D eigenvalue weighted by Crippen LogP contribution is 2.29. The molecule has 1 N–H and O–H groups in total. The zero-order valence-electron chi connectivity index (χ0n) is 11.8. The second kappa shape index (κ2) is 4.45. The summed E-state index contributed by atoms with van der Waals surface area (Å²) in [6.07, 6.45) is 0.924. The topological polar surface area (TPSA) is 49.0 Å². The van der Waals surface area contributed by atoms with E-state index in [2.05, 4.69) is 16.0 Å². The zero-order valence-corrected chi connectivity index (χ0v) is 11.8. The van der Waals surface area contributed by atoms with Gasteiger partial charge in [-0.1, -0.05) is 18.2 Å². The van der Waals surface area contributed by atoms with Crippen LogP contribution in [0.1, 0.15) is 21.7 Å². The number of hydrogen-bond donors (Lipinski definition) is 1. The van der Waals surface area contributed by atoms with Gasteiger partial charge in [0.1, 0.15) is 5.82 Å². The van der Waals surface area contributed by atoms with Gasteiger partial charge < -0.3 is 9.88 Å². The number of aromatic nitrogens is 2. The number of hydrogen-bond acceptors (Lipinski definition) is 2. The van der Waals surface area contributed by atoms with Crippen LogP contribution in [0.15, 0.2) is 42.5 Å². The van der Waals surface area contributed by atoms with Crippen LogP contribution in [0.3, 0.4) is 0 Å². The van der Waals surface area contributed by atoms with E-state index in [4.69, 9.17) is 0 Å². The molecule has 4 rings (SSSR count). The molecule has 0 radical (unpaired) electrons. The van der Waals surface area contributed by atoms with E-state index >= 15 is 0 Å². The van der Waals surface area contributed by atoms with Crippen molar-refractivity contribution in [3.05, 3.63) is 59.4 Å². The van der Waals surface area contributed by atoms with Crippen molar-refractivity contribution >= 4 is 22.6 Å². The Morgan fingerprint density at radius 2 is 2.10 bits per heavy atom. The number of carbonyl (C=O) groups excluding carboxylic acids is 1. The third-order valence-electron chi connectivity index (χ3n) is 3.98. The molecule has 2 aromatic carbocycles. The van der Waals surface area contributed by atoms with Crippen LogP contribution in [-0.4, -0.2) is 22.4 Å². The number of fused-ring (bicyclic) bond motifs is 2. The van der Waals surface area contributed by atoms with Gasteiger partial charge >= 0.3 is 0 Å². The minimum atomic E-state index is 0.0501. The Hall–Kier alpha value is -2.62. The smallest absolute Gasteiger partial charge is 0.258 e. The van der Waals surface area contributed by atoms with Crippen LogP contribution in [0.2, 0.25) is 0 Å². The fourth-order valence-electron chi connectivity index (χ4n) is 2.98. The first-order valence-electron chi connectivity index (χ1n) is 7.08. The minimum absolute atomic E-state index is 0.0501. The second-order valence-corrected chi connectivity index (χ2v) is 5.39. The summed E-state index contributed by atoms with van der Waals surface area (Å²) in [4.78, 5) is 22.2. The van der Waals surface area contributed by atoms with Crippen molar-refractivity contribution in [2.45, 2.75) is 13.3 Å². The van der Waals surface area contributed by atoms with Gasteiger partial charge in [0.2, 0.25) is 0 Å². The lowest BCUT2D eigenvalue weighted by Gasteiger charge is -2.17. The Labute approximate surface area is 122 Å². The molecule has 21 heavy (non-hydrogen) atoms. The number of nitrogens with zero attached hydrogens (tertiary/aromatic N) is 2. The molecule has 4 heteroatoms. The first-order chi connectivity index (χ1) is 10.2. The van der Waals surface area contributed by atoms with Crippen molar-refractivity contribution in [2.75, 3.05) is 11.4 Å². The second-order valence-electron chi connectivity index (χ2n) is 5.39. The van der Waals surface area contributed by atoms with E-state index < -0.39 is 0 Å². The van der Waals surface area contributed by atoms with E-state index in [9.17, 15) is 4.79 Å². The predicted molar refractivity (Wildman–Crippen MR) is 82.7 cm³/mol. The summed E-state index contributed by atoms with van der Waals surface area (Å²) in [5.41, 5.74) is 4.77. The normalized spacial score (nSPS) is 13.7. The largest absolute Gasteiger partial charge is 0.342 e. The zero-order chi connectivity index (χ0) is 14.4. The Morgan fingerprint density at radius 1 is 1.24 bits per heavy atom. The van der Waals surface area contributed by atoms with Crippen LogP contribution in [-0.2, 0) is 6.42 Å². The number of aryl methyl sites for hydroxylation is 1. The monoisotopic (exact) mass is 277 g/mol. The first-order valence-corrected chi connectivity index (χ1v) is 7.08. The van der Waals surface area contributed by atoms with Crippen molar-refractivity contribution in [3.8, 4) is 0 Å². The van der Waals surface area contributed by atoms with Gasteiger partial charge in [0.25, 0.3) is 5.91 Å². The highest BCUT2D eigenvalue weighted by atomic mass is 16.2. The lowest BCUT2D eigenvalue weighted by atomic mass is 10.1. The van der Waals surface area contributed by atoms with Crippen LogP contribution in [0.4, 0.5) is 5.69 Å². The highest BCUT2D eigenvalue weighted by molar-refractivity contribution is 6.08. The van der Waals surface area contributed by atoms with Crippen LogP contribution >= 0.6 is 0 Å². The van der Waals surface area contributed by atoms with E-state index in [-0.39, 0.29) is 5.91 Å². The molecule has 0 bridgehead atoms. The van der Waals surface area contributed by atoms with E-state index in [0.717, 1.165) is 35.5 Å².